The summed E-state index contributed by atoms with van der Waals surface area (Å²) in [7, 11) is -3.74. The van der Waals surface area contributed by atoms with Gasteiger partial charge in [-0.2, -0.15) is 8.42 Å². The maximum atomic E-state index is 13.3. The zero-order chi connectivity index (χ0) is 22.3. The van der Waals surface area contributed by atoms with Crippen molar-refractivity contribution in [2.75, 3.05) is 24.3 Å². The van der Waals surface area contributed by atoms with Crippen LogP contribution < -0.4 is 4.90 Å². The van der Waals surface area contributed by atoms with Gasteiger partial charge in [-0.25, -0.2) is 4.39 Å². The second kappa shape index (κ2) is 8.05. The highest BCUT2D eigenvalue weighted by atomic mass is 32.2. The van der Waals surface area contributed by atoms with Crippen molar-refractivity contribution in [2.24, 2.45) is 0 Å². The Labute approximate surface area is 175 Å². The van der Waals surface area contributed by atoms with Gasteiger partial charge in [0.15, 0.2) is 0 Å². The Balaban J connectivity index is 2.08. The number of aliphatic hydroxyl groups excluding tert-OH is 1. The summed E-state index contributed by atoms with van der Waals surface area (Å²) >= 11 is 0. The molecule has 1 aliphatic rings. The minimum atomic E-state index is -3.74. The Kier molecular flexibility index (Phi) is 5.99. The molecule has 0 saturated heterocycles. The van der Waals surface area contributed by atoms with E-state index in [1.807, 2.05) is 13.8 Å². The van der Waals surface area contributed by atoms with Gasteiger partial charge in [0.2, 0.25) is 5.91 Å². The van der Waals surface area contributed by atoms with Crippen molar-refractivity contribution in [2.45, 2.75) is 38.7 Å². The van der Waals surface area contributed by atoms with Crippen LogP contribution in [0, 0.1) is 5.82 Å². The van der Waals surface area contributed by atoms with Gasteiger partial charge in [0, 0.05) is 18.9 Å². The topological polar surface area (TPSA) is 96.8 Å². The number of amides is 1. The lowest BCUT2D eigenvalue weighted by Gasteiger charge is -2.20. The van der Waals surface area contributed by atoms with Crippen LogP contribution in [0.15, 0.2) is 30.3 Å². The second-order valence-corrected chi connectivity index (χ2v) is 9.84. The van der Waals surface area contributed by atoms with Gasteiger partial charge in [0.25, 0.3) is 10.1 Å². The lowest BCUT2D eigenvalue weighted by Crippen LogP contribution is -2.32. The molecular weight excluding hydrogens is 411 g/mol. The molecule has 1 aromatic carbocycles. The summed E-state index contributed by atoms with van der Waals surface area (Å²) < 4.78 is 40.7. The van der Waals surface area contributed by atoms with Gasteiger partial charge in [0.05, 0.1) is 29.9 Å². The number of carbonyl (C=O) groups is 1. The predicted molar refractivity (Wildman–Crippen MR) is 110 cm³/mol. The number of hydrogen-bond donors (Lipinski definition) is 1. The van der Waals surface area contributed by atoms with E-state index in [9.17, 15) is 22.7 Å². The second-order valence-electron chi connectivity index (χ2n) is 8.20. The molecule has 162 valence electrons. The van der Waals surface area contributed by atoms with Gasteiger partial charge in [0.1, 0.15) is 11.9 Å². The zero-order valence-corrected chi connectivity index (χ0v) is 18.2. The Morgan fingerprint density at radius 2 is 1.97 bits per heavy atom. The first-order chi connectivity index (χ1) is 13.9. The molecule has 7 nitrogen and oxygen atoms in total. The maximum absolute atomic E-state index is 13.3. The predicted octanol–water partition coefficient (Wildman–Crippen LogP) is 2.47. The molecule has 0 fully saturated rings. The van der Waals surface area contributed by atoms with Gasteiger partial charge in [-0.3, -0.25) is 14.0 Å². The number of aliphatic hydroxyl groups is 1. The summed E-state index contributed by atoms with van der Waals surface area (Å²) in [6, 6.07) is 7.71. The van der Waals surface area contributed by atoms with Gasteiger partial charge in [-0.05, 0) is 35.7 Å². The third-order valence-electron chi connectivity index (χ3n) is 5.04. The van der Waals surface area contributed by atoms with Crippen molar-refractivity contribution in [3.05, 3.63) is 58.7 Å². The molecule has 0 spiro atoms. The van der Waals surface area contributed by atoms with Crippen molar-refractivity contribution < 1.29 is 26.9 Å². The Bertz CT molecular complexity index is 1070. The molecule has 0 radical (unpaired) electrons. The third-order valence-corrected chi connectivity index (χ3v) is 5.61. The van der Waals surface area contributed by atoms with Crippen LogP contribution in [0.2, 0.25) is 0 Å². The first kappa shape index (κ1) is 22.3. The molecule has 30 heavy (non-hydrogen) atoms. The average molecular weight is 437 g/mol. The Morgan fingerprint density at radius 1 is 1.33 bits per heavy atom. The van der Waals surface area contributed by atoms with Gasteiger partial charge in [-0.15, -0.1) is 0 Å². The summed E-state index contributed by atoms with van der Waals surface area (Å²) in [6.07, 6.45) is -0.0659. The van der Waals surface area contributed by atoms with Gasteiger partial charge in [-0.1, -0.05) is 26.0 Å². The van der Waals surface area contributed by atoms with Crippen LogP contribution in [0.1, 0.15) is 49.4 Å². The number of nitrogens with zero attached hydrogens (tertiary/aromatic N) is 2. The largest absolute Gasteiger partial charge is 0.384 e. The van der Waals surface area contributed by atoms with Crippen LogP contribution in [0.3, 0.4) is 0 Å². The zero-order valence-electron chi connectivity index (χ0n) is 17.3. The number of hydrogen-bond acceptors (Lipinski definition) is 6. The molecular formula is C21H25FN2O5S. The van der Waals surface area contributed by atoms with Gasteiger partial charge < -0.3 is 10.0 Å². The van der Waals surface area contributed by atoms with E-state index < -0.39 is 28.2 Å². The van der Waals surface area contributed by atoms with E-state index in [0.29, 0.717) is 29.9 Å². The molecule has 3 rings (SSSR count). The SMILES string of the molecule is CC(=O)N1CC(C)(C)c2nc([C@@H](O)COS(C)(=O)=O)c(Cc3ccc(F)cc3)cc21. The first-order valence-electron chi connectivity index (χ1n) is 9.47. The van der Waals surface area contributed by atoms with E-state index in [2.05, 4.69) is 4.98 Å². The molecule has 0 bridgehead atoms. The molecule has 1 atom stereocenters. The fourth-order valence-electron chi connectivity index (χ4n) is 3.62. The number of benzene rings is 1. The standard InChI is InChI=1S/C21H25FN2O5S/c1-13(25)24-12-21(2,3)20-17(24)10-15(9-14-5-7-16(22)8-6-14)19(23-20)18(26)11-29-30(4,27)28/h5-8,10,18,26H,9,11-12H2,1-4H3/t18-/m0/s1. The van der Waals surface area contributed by atoms with Crippen molar-refractivity contribution >= 4 is 21.7 Å². The van der Waals surface area contributed by atoms with Crippen LogP contribution >= 0.6 is 0 Å². The molecule has 1 amide bonds. The normalized spacial score (nSPS) is 16.4. The van der Waals surface area contributed by atoms with Crippen LogP contribution in [0.4, 0.5) is 10.1 Å². The molecule has 1 aromatic heterocycles. The van der Waals surface area contributed by atoms with Crippen LogP contribution in [0.5, 0.6) is 0 Å². The molecule has 1 aliphatic heterocycles. The highest BCUT2D eigenvalue weighted by Gasteiger charge is 2.39. The lowest BCUT2D eigenvalue weighted by molar-refractivity contribution is -0.116. The number of halogens is 1. The number of carbonyl (C=O) groups excluding carboxylic acids is 1. The van der Waals surface area contributed by atoms with Crippen LogP contribution in [-0.4, -0.2) is 43.8 Å². The van der Waals surface area contributed by atoms with E-state index in [1.165, 1.54) is 19.1 Å². The Morgan fingerprint density at radius 3 is 2.53 bits per heavy atom. The summed E-state index contributed by atoms with van der Waals surface area (Å²) in [6.45, 7) is 5.35. The highest BCUT2D eigenvalue weighted by Crippen LogP contribution is 2.41. The maximum Gasteiger partial charge on any atom is 0.264 e. The molecule has 0 aliphatic carbocycles. The fraction of sp³-hybridized carbons (Fsp3) is 0.429. The first-order valence-corrected chi connectivity index (χ1v) is 11.3. The molecule has 0 unspecified atom stereocenters. The van der Waals surface area contributed by atoms with E-state index in [1.54, 1.807) is 23.1 Å². The smallest absolute Gasteiger partial charge is 0.264 e. The van der Waals surface area contributed by atoms with E-state index in [4.69, 9.17) is 4.18 Å². The number of pyridine rings is 1. The minimum Gasteiger partial charge on any atom is -0.384 e. The molecule has 0 saturated carbocycles. The number of anilines is 1. The van der Waals surface area contributed by atoms with Crippen molar-refractivity contribution in [1.82, 2.24) is 4.98 Å². The van der Waals surface area contributed by atoms with Gasteiger partial charge >= 0.3 is 0 Å². The van der Waals surface area contributed by atoms with E-state index in [-0.39, 0.29) is 17.4 Å². The molecule has 2 aromatic rings. The van der Waals surface area contributed by atoms with Crippen molar-refractivity contribution in [1.29, 1.82) is 0 Å². The van der Waals surface area contributed by atoms with Crippen LogP contribution in [-0.2, 0) is 30.9 Å². The summed E-state index contributed by atoms with van der Waals surface area (Å²) in [5, 5.41) is 10.7. The van der Waals surface area contributed by atoms with Crippen molar-refractivity contribution in [3.63, 3.8) is 0 Å². The highest BCUT2D eigenvalue weighted by molar-refractivity contribution is 7.85. The van der Waals surface area contributed by atoms with Crippen LogP contribution in [0.25, 0.3) is 0 Å². The molecule has 1 N–H and O–H groups in total. The fourth-order valence-corrected chi connectivity index (χ4v) is 3.99. The summed E-state index contributed by atoms with van der Waals surface area (Å²) in [4.78, 5) is 18.5. The summed E-state index contributed by atoms with van der Waals surface area (Å²) in [5.41, 5.74) is 2.52. The van der Waals surface area contributed by atoms with E-state index >= 15 is 0 Å². The Hall–Kier alpha value is -2.36. The number of rotatable bonds is 6. The lowest BCUT2D eigenvalue weighted by atomic mass is 9.90. The average Bonchev–Trinajstić information content (AvgIpc) is 2.91. The third kappa shape index (κ3) is 4.85. The summed E-state index contributed by atoms with van der Waals surface area (Å²) in [5.74, 6) is -0.484. The van der Waals surface area contributed by atoms with E-state index in [0.717, 1.165) is 11.8 Å². The quantitative estimate of drug-likeness (QED) is 0.699. The number of aromatic nitrogens is 1. The molecule has 9 heteroatoms. The minimum absolute atomic E-state index is 0.120. The number of fused-ring (bicyclic) bond motifs is 1. The molecule has 2 heterocycles. The monoisotopic (exact) mass is 436 g/mol. The van der Waals surface area contributed by atoms with Crippen molar-refractivity contribution in [3.8, 4) is 0 Å².